The lowest BCUT2D eigenvalue weighted by molar-refractivity contribution is -0.116. The molecule has 5 heteroatoms. The third-order valence-electron chi connectivity index (χ3n) is 5.82. The van der Waals surface area contributed by atoms with Gasteiger partial charge in [0.2, 0.25) is 5.91 Å². The fourth-order valence-corrected chi connectivity index (χ4v) is 4.01. The largest absolute Gasteiger partial charge is 0.495 e. The van der Waals surface area contributed by atoms with Crippen molar-refractivity contribution in [3.05, 3.63) is 54.1 Å². The maximum atomic E-state index is 12.3. The zero-order valence-electron chi connectivity index (χ0n) is 18.2. The Balaban J connectivity index is 1.33. The van der Waals surface area contributed by atoms with Crippen LogP contribution in [0.2, 0.25) is 0 Å². The smallest absolute Gasteiger partial charge is 0.225 e. The molecule has 162 valence electrons. The van der Waals surface area contributed by atoms with E-state index in [9.17, 15) is 4.79 Å². The molecule has 0 atom stereocenters. The van der Waals surface area contributed by atoms with Crippen LogP contribution in [0.4, 0.5) is 5.69 Å². The van der Waals surface area contributed by atoms with Crippen LogP contribution in [0.25, 0.3) is 0 Å². The molecule has 0 aromatic heterocycles. The van der Waals surface area contributed by atoms with Gasteiger partial charge in [-0.05, 0) is 81.4 Å². The van der Waals surface area contributed by atoms with Gasteiger partial charge >= 0.3 is 0 Å². The topological polar surface area (TPSA) is 50.8 Å². The standard InChI is InChI=1S/C25H34N2O3/c1-3-30-22-12-10-20(11-13-22)8-9-21-14-17-27(18-15-21)19-16-25(28)26-23-6-4-5-7-24(23)29-2/h4-7,10-13,21H,3,8-9,14-19H2,1-2H3,(H,26,28). The quantitative estimate of drug-likeness (QED) is 0.613. The summed E-state index contributed by atoms with van der Waals surface area (Å²) in [6.07, 6.45) is 5.29. The summed E-state index contributed by atoms with van der Waals surface area (Å²) in [5, 5.41) is 2.96. The van der Waals surface area contributed by atoms with Crippen LogP contribution >= 0.6 is 0 Å². The Kier molecular flexibility index (Phi) is 8.57. The van der Waals surface area contributed by atoms with Crippen LogP contribution < -0.4 is 14.8 Å². The molecule has 1 N–H and O–H groups in total. The van der Waals surface area contributed by atoms with Gasteiger partial charge in [0, 0.05) is 13.0 Å². The molecule has 1 aliphatic heterocycles. The molecule has 30 heavy (non-hydrogen) atoms. The van der Waals surface area contributed by atoms with E-state index in [0.717, 1.165) is 43.4 Å². The van der Waals surface area contributed by atoms with Gasteiger partial charge in [0.1, 0.15) is 11.5 Å². The van der Waals surface area contributed by atoms with Gasteiger partial charge in [-0.1, -0.05) is 24.3 Å². The maximum Gasteiger partial charge on any atom is 0.225 e. The van der Waals surface area contributed by atoms with E-state index in [4.69, 9.17) is 9.47 Å². The third kappa shape index (κ3) is 6.77. The van der Waals surface area contributed by atoms with E-state index >= 15 is 0 Å². The molecule has 5 nitrogen and oxygen atoms in total. The predicted molar refractivity (Wildman–Crippen MR) is 121 cm³/mol. The first kappa shape index (κ1) is 22.2. The molecule has 1 aliphatic rings. The first-order valence-corrected chi connectivity index (χ1v) is 11.0. The average molecular weight is 411 g/mol. The van der Waals surface area contributed by atoms with Gasteiger partial charge in [-0.2, -0.15) is 0 Å². The fourth-order valence-electron chi connectivity index (χ4n) is 4.01. The van der Waals surface area contributed by atoms with E-state index in [0.29, 0.717) is 18.8 Å². The van der Waals surface area contributed by atoms with E-state index in [1.54, 1.807) is 7.11 Å². The molecule has 0 aliphatic carbocycles. The lowest BCUT2D eigenvalue weighted by Gasteiger charge is -2.31. The van der Waals surface area contributed by atoms with Gasteiger partial charge in [-0.25, -0.2) is 0 Å². The lowest BCUT2D eigenvalue weighted by atomic mass is 9.90. The number of carbonyl (C=O) groups excluding carboxylic acids is 1. The molecule has 0 saturated carbocycles. The molecule has 1 amide bonds. The van der Waals surface area contributed by atoms with Crippen LogP contribution in [0.5, 0.6) is 11.5 Å². The van der Waals surface area contributed by atoms with Crippen LogP contribution in [0, 0.1) is 5.92 Å². The Morgan fingerprint density at radius 1 is 1.10 bits per heavy atom. The zero-order valence-corrected chi connectivity index (χ0v) is 18.2. The number of para-hydroxylation sites is 2. The van der Waals surface area contributed by atoms with Crippen molar-refractivity contribution in [2.75, 3.05) is 38.7 Å². The molecule has 2 aromatic rings. The van der Waals surface area contributed by atoms with Crippen molar-refractivity contribution in [1.82, 2.24) is 4.90 Å². The Bertz CT molecular complexity index is 783. The molecule has 3 rings (SSSR count). The van der Waals surface area contributed by atoms with Gasteiger partial charge < -0.3 is 19.7 Å². The van der Waals surface area contributed by atoms with E-state index in [1.807, 2.05) is 31.2 Å². The van der Waals surface area contributed by atoms with Crippen molar-refractivity contribution in [3.63, 3.8) is 0 Å². The average Bonchev–Trinajstić information content (AvgIpc) is 2.78. The van der Waals surface area contributed by atoms with E-state index in [1.165, 1.54) is 24.8 Å². The summed E-state index contributed by atoms with van der Waals surface area (Å²) in [5.74, 6) is 2.45. The SMILES string of the molecule is CCOc1ccc(CCC2CCN(CCC(=O)Nc3ccccc3OC)CC2)cc1. The summed E-state index contributed by atoms with van der Waals surface area (Å²) in [6.45, 7) is 5.69. The van der Waals surface area contributed by atoms with Crippen LogP contribution in [0.3, 0.4) is 0 Å². The molecule has 0 radical (unpaired) electrons. The molecule has 0 unspecified atom stereocenters. The summed E-state index contributed by atoms with van der Waals surface area (Å²) in [6, 6.07) is 16.0. The highest BCUT2D eigenvalue weighted by atomic mass is 16.5. The maximum absolute atomic E-state index is 12.3. The molecule has 1 heterocycles. The van der Waals surface area contributed by atoms with Crippen molar-refractivity contribution >= 4 is 11.6 Å². The Morgan fingerprint density at radius 2 is 1.83 bits per heavy atom. The van der Waals surface area contributed by atoms with Gasteiger partial charge in [0.05, 0.1) is 19.4 Å². The zero-order chi connectivity index (χ0) is 21.2. The number of likely N-dealkylation sites (tertiary alicyclic amines) is 1. The summed E-state index contributed by atoms with van der Waals surface area (Å²) >= 11 is 0. The van der Waals surface area contributed by atoms with Crippen LogP contribution in [-0.4, -0.2) is 44.2 Å². The summed E-state index contributed by atoms with van der Waals surface area (Å²) in [5.41, 5.74) is 2.12. The van der Waals surface area contributed by atoms with Gasteiger partial charge in [0.15, 0.2) is 0 Å². The number of benzene rings is 2. The van der Waals surface area contributed by atoms with Crippen molar-refractivity contribution in [3.8, 4) is 11.5 Å². The normalized spacial score (nSPS) is 15.0. The Hall–Kier alpha value is -2.53. The van der Waals surface area contributed by atoms with Gasteiger partial charge in [-0.3, -0.25) is 4.79 Å². The second-order valence-corrected chi connectivity index (χ2v) is 7.90. The molecule has 0 bridgehead atoms. The monoisotopic (exact) mass is 410 g/mol. The number of carbonyl (C=O) groups is 1. The number of rotatable bonds is 10. The van der Waals surface area contributed by atoms with E-state index < -0.39 is 0 Å². The van der Waals surface area contributed by atoms with Crippen molar-refractivity contribution in [2.24, 2.45) is 5.92 Å². The Labute approximate surface area is 180 Å². The number of amides is 1. The number of hydrogen-bond acceptors (Lipinski definition) is 4. The summed E-state index contributed by atoms with van der Waals surface area (Å²) in [4.78, 5) is 14.7. The molecular formula is C25H34N2O3. The number of piperidine rings is 1. The number of nitrogens with zero attached hydrogens (tertiary/aromatic N) is 1. The molecular weight excluding hydrogens is 376 g/mol. The van der Waals surface area contributed by atoms with Crippen molar-refractivity contribution in [2.45, 2.75) is 39.0 Å². The highest BCUT2D eigenvalue weighted by molar-refractivity contribution is 5.92. The summed E-state index contributed by atoms with van der Waals surface area (Å²) in [7, 11) is 1.62. The van der Waals surface area contributed by atoms with E-state index in [-0.39, 0.29) is 5.91 Å². The van der Waals surface area contributed by atoms with Crippen LogP contribution in [0.1, 0.15) is 38.2 Å². The molecule has 2 aromatic carbocycles. The molecule has 0 spiro atoms. The second kappa shape index (κ2) is 11.6. The van der Waals surface area contributed by atoms with Crippen LogP contribution in [-0.2, 0) is 11.2 Å². The number of aryl methyl sites for hydroxylation is 1. The molecule has 1 fully saturated rings. The fraction of sp³-hybridized carbons (Fsp3) is 0.480. The molecule has 1 saturated heterocycles. The highest BCUT2D eigenvalue weighted by Crippen LogP contribution is 2.25. The van der Waals surface area contributed by atoms with Gasteiger partial charge in [0.25, 0.3) is 0 Å². The second-order valence-electron chi connectivity index (χ2n) is 7.90. The number of hydrogen-bond donors (Lipinski definition) is 1. The minimum atomic E-state index is 0.0390. The highest BCUT2D eigenvalue weighted by Gasteiger charge is 2.19. The first-order chi connectivity index (χ1) is 14.7. The lowest BCUT2D eigenvalue weighted by Crippen LogP contribution is -2.35. The minimum Gasteiger partial charge on any atom is -0.495 e. The number of nitrogens with one attached hydrogen (secondary N) is 1. The van der Waals surface area contributed by atoms with Crippen molar-refractivity contribution < 1.29 is 14.3 Å². The number of ether oxygens (including phenoxy) is 2. The minimum absolute atomic E-state index is 0.0390. The predicted octanol–water partition coefficient (Wildman–Crippen LogP) is 4.77. The summed E-state index contributed by atoms with van der Waals surface area (Å²) < 4.78 is 10.8. The third-order valence-corrected chi connectivity index (χ3v) is 5.82. The van der Waals surface area contributed by atoms with E-state index in [2.05, 4.69) is 34.5 Å². The Morgan fingerprint density at radius 3 is 2.53 bits per heavy atom. The van der Waals surface area contributed by atoms with Crippen molar-refractivity contribution in [1.29, 1.82) is 0 Å². The first-order valence-electron chi connectivity index (χ1n) is 11.0. The van der Waals surface area contributed by atoms with Gasteiger partial charge in [-0.15, -0.1) is 0 Å². The van der Waals surface area contributed by atoms with Crippen LogP contribution in [0.15, 0.2) is 48.5 Å². The number of anilines is 1. The number of methoxy groups -OCH3 is 1.